The van der Waals surface area contributed by atoms with Crippen molar-refractivity contribution in [3.63, 3.8) is 0 Å². The second-order valence-electron chi connectivity index (χ2n) is 7.60. The molecule has 8 nitrogen and oxygen atoms in total. The van der Waals surface area contributed by atoms with Crippen molar-refractivity contribution in [3.05, 3.63) is 90.3 Å². The van der Waals surface area contributed by atoms with Crippen LogP contribution in [0, 0.1) is 0 Å². The summed E-state index contributed by atoms with van der Waals surface area (Å²) in [6, 6.07) is 23.0. The van der Waals surface area contributed by atoms with Crippen molar-refractivity contribution in [2.24, 2.45) is 10.2 Å². The Morgan fingerprint density at radius 3 is 2.44 bits per heavy atom. The maximum Gasteiger partial charge on any atom is 0.295 e. The molecular formula is C25H19N5O3S. The summed E-state index contributed by atoms with van der Waals surface area (Å²) >= 11 is 0. The number of nitrogen functional groups attached to an aromatic ring is 1. The number of imidazole rings is 1. The van der Waals surface area contributed by atoms with Gasteiger partial charge in [-0.1, -0.05) is 54.6 Å². The molecule has 0 radical (unpaired) electrons. The van der Waals surface area contributed by atoms with Crippen molar-refractivity contribution in [2.45, 2.75) is 4.90 Å². The van der Waals surface area contributed by atoms with Crippen LogP contribution in [0.5, 0.6) is 0 Å². The summed E-state index contributed by atoms with van der Waals surface area (Å²) in [6.45, 7) is 0. The topological polar surface area (TPSA) is 134 Å². The van der Waals surface area contributed by atoms with Gasteiger partial charge in [0, 0.05) is 10.8 Å². The summed E-state index contributed by atoms with van der Waals surface area (Å²) < 4.78 is 33.5. The van der Waals surface area contributed by atoms with Crippen molar-refractivity contribution < 1.29 is 13.0 Å². The molecule has 0 saturated carbocycles. The van der Waals surface area contributed by atoms with Crippen LogP contribution in [0.2, 0.25) is 0 Å². The SMILES string of the molecule is Nc1c(N=Nc2cccc(/C=C/c3nc4ccccc4[nH]3)c2)cc(S(=O)(=O)O)c2ccccc12. The van der Waals surface area contributed by atoms with Crippen molar-refractivity contribution in [1.29, 1.82) is 0 Å². The minimum Gasteiger partial charge on any atom is -0.396 e. The van der Waals surface area contributed by atoms with Crippen LogP contribution in [0.4, 0.5) is 17.1 Å². The quantitative estimate of drug-likeness (QED) is 0.162. The van der Waals surface area contributed by atoms with Gasteiger partial charge in [0.1, 0.15) is 16.4 Å². The lowest BCUT2D eigenvalue weighted by molar-refractivity contribution is 0.484. The van der Waals surface area contributed by atoms with Crippen molar-refractivity contribution in [2.75, 3.05) is 5.73 Å². The van der Waals surface area contributed by atoms with Gasteiger partial charge >= 0.3 is 0 Å². The van der Waals surface area contributed by atoms with Crippen LogP contribution in [0.25, 0.3) is 34.0 Å². The Morgan fingerprint density at radius 2 is 1.65 bits per heavy atom. The summed E-state index contributed by atoms with van der Waals surface area (Å²) in [7, 11) is -4.48. The van der Waals surface area contributed by atoms with Crippen molar-refractivity contribution >= 4 is 61.1 Å². The highest BCUT2D eigenvalue weighted by Gasteiger charge is 2.18. The number of nitrogens with two attached hydrogens (primary N) is 1. The molecule has 0 spiro atoms. The number of para-hydroxylation sites is 2. The van der Waals surface area contributed by atoms with E-state index < -0.39 is 10.1 Å². The molecule has 0 amide bonds. The molecule has 168 valence electrons. The van der Waals surface area contributed by atoms with Gasteiger partial charge in [-0.3, -0.25) is 4.55 Å². The van der Waals surface area contributed by atoms with Crippen LogP contribution in [-0.4, -0.2) is 22.9 Å². The average molecular weight is 470 g/mol. The first kappa shape index (κ1) is 21.5. The summed E-state index contributed by atoms with van der Waals surface area (Å²) in [5.41, 5.74) is 9.91. The molecule has 9 heteroatoms. The highest BCUT2D eigenvalue weighted by atomic mass is 32.2. The van der Waals surface area contributed by atoms with Gasteiger partial charge in [0.25, 0.3) is 10.1 Å². The van der Waals surface area contributed by atoms with E-state index in [0.29, 0.717) is 16.5 Å². The van der Waals surface area contributed by atoms with E-state index >= 15 is 0 Å². The standard InChI is InChI=1S/C25H19N5O3S/c26-25-19-9-2-1-8-18(19)23(34(31,32)33)15-22(25)30-29-17-7-5-6-16(14-17)12-13-24-27-20-10-3-4-11-21(20)28-24/h1-15H,26H2,(H,27,28)(H,31,32,33)/b13-12+,30-29?. The Bertz CT molecular complexity index is 1670. The number of nitrogens with one attached hydrogen (secondary N) is 1. The molecule has 0 fully saturated rings. The number of azo groups is 1. The molecule has 4 N–H and O–H groups in total. The highest BCUT2D eigenvalue weighted by Crippen LogP contribution is 2.36. The monoisotopic (exact) mass is 469 g/mol. The Hall–Kier alpha value is -4.34. The number of fused-ring (bicyclic) bond motifs is 2. The fraction of sp³-hybridized carbons (Fsp3) is 0. The Morgan fingerprint density at radius 1 is 0.882 bits per heavy atom. The van der Waals surface area contributed by atoms with Crippen molar-refractivity contribution in [3.8, 4) is 0 Å². The molecule has 5 aromatic rings. The second kappa shape index (κ2) is 8.54. The average Bonchev–Trinajstić information content (AvgIpc) is 3.25. The molecule has 0 aliphatic heterocycles. The van der Waals surface area contributed by atoms with Gasteiger partial charge in [-0.05, 0) is 42.0 Å². The first-order valence-corrected chi connectivity index (χ1v) is 11.8. The smallest absolute Gasteiger partial charge is 0.295 e. The van der Waals surface area contributed by atoms with Gasteiger partial charge < -0.3 is 10.7 Å². The minimum atomic E-state index is -4.48. The summed E-state index contributed by atoms with van der Waals surface area (Å²) in [6.07, 6.45) is 3.77. The molecule has 34 heavy (non-hydrogen) atoms. The Kier molecular flexibility index (Phi) is 5.40. The third-order valence-corrected chi connectivity index (χ3v) is 6.18. The maximum absolute atomic E-state index is 11.9. The second-order valence-corrected chi connectivity index (χ2v) is 8.99. The lowest BCUT2D eigenvalue weighted by Gasteiger charge is -2.09. The van der Waals surface area contributed by atoms with Gasteiger partial charge in [-0.2, -0.15) is 13.5 Å². The predicted molar refractivity (Wildman–Crippen MR) is 134 cm³/mol. The van der Waals surface area contributed by atoms with Crippen LogP contribution in [0.3, 0.4) is 0 Å². The molecule has 0 unspecified atom stereocenters. The van der Waals surface area contributed by atoms with E-state index in [0.717, 1.165) is 22.4 Å². The molecule has 0 atom stereocenters. The molecule has 0 bridgehead atoms. The lowest BCUT2D eigenvalue weighted by atomic mass is 10.1. The van der Waals surface area contributed by atoms with E-state index in [2.05, 4.69) is 20.2 Å². The van der Waals surface area contributed by atoms with Crippen LogP contribution in [0.1, 0.15) is 11.4 Å². The number of hydrogen-bond donors (Lipinski definition) is 3. The Balaban J connectivity index is 1.46. The van der Waals surface area contributed by atoms with E-state index in [-0.39, 0.29) is 16.3 Å². The molecule has 5 rings (SSSR count). The zero-order valence-corrected chi connectivity index (χ0v) is 18.6. The Labute approximate surface area is 195 Å². The van der Waals surface area contributed by atoms with Crippen LogP contribution in [0.15, 0.2) is 94.0 Å². The number of benzene rings is 4. The number of nitrogens with zero attached hydrogens (tertiary/aromatic N) is 3. The normalized spacial score (nSPS) is 12.4. The minimum absolute atomic E-state index is 0.148. The number of aromatic amines is 1. The molecule has 0 aliphatic rings. The number of hydrogen-bond acceptors (Lipinski definition) is 6. The third-order valence-electron chi connectivity index (χ3n) is 5.29. The molecule has 1 aromatic heterocycles. The first-order chi connectivity index (χ1) is 16.4. The number of anilines is 1. The lowest BCUT2D eigenvalue weighted by Crippen LogP contribution is -2.01. The number of H-pyrrole nitrogens is 1. The zero-order chi connectivity index (χ0) is 23.7. The molecule has 0 aliphatic carbocycles. The number of aromatic nitrogens is 2. The van der Waals surface area contributed by atoms with Gasteiger partial charge in [-0.25, -0.2) is 4.98 Å². The van der Waals surface area contributed by atoms with Gasteiger partial charge in [-0.15, -0.1) is 5.11 Å². The van der Waals surface area contributed by atoms with Crippen LogP contribution in [-0.2, 0) is 10.1 Å². The fourth-order valence-electron chi connectivity index (χ4n) is 3.68. The molecule has 4 aromatic carbocycles. The van der Waals surface area contributed by atoms with Crippen molar-refractivity contribution in [1.82, 2.24) is 9.97 Å². The summed E-state index contributed by atoms with van der Waals surface area (Å²) in [4.78, 5) is 7.49. The zero-order valence-electron chi connectivity index (χ0n) is 17.8. The van der Waals surface area contributed by atoms with E-state index in [1.165, 1.54) is 6.07 Å². The van der Waals surface area contributed by atoms with E-state index in [1.54, 1.807) is 30.3 Å². The van der Waals surface area contributed by atoms with E-state index in [9.17, 15) is 13.0 Å². The molecule has 1 heterocycles. The van der Waals surface area contributed by atoms with E-state index in [1.807, 2.05) is 54.6 Å². The largest absolute Gasteiger partial charge is 0.396 e. The predicted octanol–water partition coefficient (Wildman–Crippen LogP) is 6.13. The highest BCUT2D eigenvalue weighted by molar-refractivity contribution is 7.86. The first-order valence-electron chi connectivity index (χ1n) is 10.3. The molecular weight excluding hydrogens is 450 g/mol. The van der Waals surface area contributed by atoms with Gasteiger partial charge in [0.15, 0.2) is 0 Å². The fourth-order valence-corrected chi connectivity index (χ4v) is 4.39. The summed E-state index contributed by atoms with van der Waals surface area (Å²) in [5.74, 6) is 0.731. The van der Waals surface area contributed by atoms with Crippen LogP contribution < -0.4 is 5.73 Å². The third kappa shape index (κ3) is 4.29. The number of rotatable bonds is 5. The van der Waals surface area contributed by atoms with E-state index in [4.69, 9.17) is 5.73 Å². The van der Waals surface area contributed by atoms with Gasteiger partial charge in [0.05, 0.1) is 22.4 Å². The molecule has 0 saturated heterocycles. The maximum atomic E-state index is 11.9. The van der Waals surface area contributed by atoms with Gasteiger partial charge in [0.2, 0.25) is 0 Å². The van der Waals surface area contributed by atoms with Crippen LogP contribution >= 0.6 is 0 Å². The summed E-state index contributed by atoms with van der Waals surface area (Å²) in [5, 5.41) is 9.18.